The third-order valence-corrected chi connectivity index (χ3v) is 3.61. The molecule has 17 heavy (non-hydrogen) atoms. The summed E-state index contributed by atoms with van der Waals surface area (Å²) in [7, 11) is 0.731. The Morgan fingerprint density at radius 3 is 2.82 bits per heavy atom. The van der Waals surface area contributed by atoms with Crippen LogP contribution in [0.4, 0.5) is 0 Å². The fraction of sp³-hybridized carbons (Fsp3) is 0.455. The summed E-state index contributed by atoms with van der Waals surface area (Å²) in [6.07, 6.45) is 1.54. The van der Waals surface area contributed by atoms with Gasteiger partial charge >= 0.3 is 0 Å². The summed E-state index contributed by atoms with van der Waals surface area (Å²) in [4.78, 5) is 22.9. The lowest BCUT2D eigenvalue weighted by atomic mass is 10.2. The number of nitrogens with one attached hydrogen (secondary N) is 1. The van der Waals surface area contributed by atoms with Crippen molar-refractivity contribution in [3.8, 4) is 0 Å². The van der Waals surface area contributed by atoms with Gasteiger partial charge in [0.25, 0.3) is 11.5 Å². The Labute approximate surface area is 102 Å². The molecular weight excluding hydrogens is 240 g/mol. The monoisotopic (exact) mass is 256 g/mol. The highest BCUT2D eigenvalue weighted by atomic mass is 32.2. The average molecular weight is 256 g/mol. The summed E-state index contributed by atoms with van der Waals surface area (Å²) in [6, 6.07) is 2.86. The van der Waals surface area contributed by atoms with Crippen molar-refractivity contribution in [1.82, 2.24) is 9.88 Å². The molecule has 1 amide bonds. The summed E-state index contributed by atoms with van der Waals surface area (Å²) >= 11 is 0. The number of hydrogen-bond donors (Lipinski definition) is 1. The van der Waals surface area contributed by atoms with Gasteiger partial charge in [0, 0.05) is 53.7 Å². The Morgan fingerprint density at radius 2 is 2.24 bits per heavy atom. The number of rotatable bonds is 5. The van der Waals surface area contributed by atoms with Gasteiger partial charge in [-0.2, -0.15) is 0 Å². The van der Waals surface area contributed by atoms with Crippen LogP contribution in [0, 0.1) is 0 Å². The molecule has 1 heterocycles. The first-order chi connectivity index (χ1) is 8.04. The van der Waals surface area contributed by atoms with E-state index in [0.717, 1.165) is 0 Å². The molecule has 0 bridgehead atoms. The number of hydrogen-bond acceptors (Lipinski definition) is 3. The van der Waals surface area contributed by atoms with Crippen molar-refractivity contribution in [3.63, 3.8) is 0 Å². The van der Waals surface area contributed by atoms with Crippen molar-refractivity contribution in [1.29, 1.82) is 0 Å². The standard InChI is InChI=1S/C11H16N2O3S/c1-3-17(16)7-5-12-11(15)9-4-6-13(2)10(14)8-9/h4,6,8H,3,5,7H2,1-2H3,(H,12,15). The van der Waals surface area contributed by atoms with Gasteiger partial charge in [-0.3, -0.25) is 13.8 Å². The predicted molar refractivity (Wildman–Crippen MR) is 67.6 cm³/mol. The fourth-order valence-electron chi connectivity index (χ4n) is 1.21. The number of pyridine rings is 1. The van der Waals surface area contributed by atoms with E-state index in [0.29, 0.717) is 23.6 Å². The maximum Gasteiger partial charge on any atom is 0.251 e. The van der Waals surface area contributed by atoms with E-state index in [4.69, 9.17) is 0 Å². The van der Waals surface area contributed by atoms with Crippen LogP contribution in [0.2, 0.25) is 0 Å². The molecule has 1 aromatic rings. The van der Waals surface area contributed by atoms with Gasteiger partial charge in [0.05, 0.1) is 0 Å². The van der Waals surface area contributed by atoms with Gasteiger partial charge in [-0.05, 0) is 6.07 Å². The summed E-state index contributed by atoms with van der Waals surface area (Å²) in [5, 5.41) is 2.63. The minimum Gasteiger partial charge on any atom is -0.351 e. The molecule has 0 aliphatic heterocycles. The molecule has 0 spiro atoms. The first-order valence-electron chi connectivity index (χ1n) is 5.34. The van der Waals surface area contributed by atoms with Crippen LogP contribution >= 0.6 is 0 Å². The van der Waals surface area contributed by atoms with E-state index in [1.54, 1.807) is 19.3 Å². The molecule has 6 heteroatoms. The molecule has 0 radical (unpaired) electrons. The van der Waals surface area contributed by atoms with Crippen molar-refractivity contribution < 1.29 is 9.00 Å². The molecule has 94 valence electrons. The van der Waals surface area contributed by atoms with Crippen molar-refractivity contribution in [2.45, 2.75) is 6.92 Å². The van der Waals surface area contributed by atoms with E-state index in [2.05, 4.69) is 5.32 Å². The molecule has 0 saturated carbocycles. The second-order valence-electron chi connectivity index (χ2n) is 3.55. The van der Waals surface area contributed by atoms with Gasteiger partial charge < -0.3 is 9.88 Å². The fourth-order valence-corrected chi connectivity index (χ4v) is 1.83. The summed E-state index contributed by atoms with van der Waals surface area (Å²) in [5.41, 5.74) is 0.102. The molecule has 0 aliphatic carbocycles. The van der Waals surface area contributed by atoms with Gasteiger partial charge in [-0.1, -0.05) is 6.92 Å². The number of aryl methyl sites for hydroxylation is 1. The number of aromatic nitrogens is 1. The number of amides is 1. The highest BCUT2D eigenvalue weighted by Crippen LogP contribution is 1.93. The van der Waals surface area contributed by atoms with Crippen LogP contribution in [0.25, 0.3) is 0 Å². The molecule has 1 unspecified atom stereocenters. The Hall–Kier alpha value is -1.43. The number of carbonyl (C=O) groups is 1. The number of carbonyl (C=O) groups excluding carboxylic acids is 1. The van der Waals surface area contributed by atoms with Crippen LogP contribution < -0.4 is 10.9 Å². The van der Waals surface area contributed by atoms with Gasteiger partial charge in [0.15, 0.2) is 0 Å². The number of nitrogens with zero attached hydrogens (tertiary/aromatic N) is 1. The topological polar surface area (TPSA) is 68.2 Å². The Balaban J connectivity index is 2.55. The highest BCUT2D eigenvalue weighted by Gasteiger charge is 2.06. The Kier molecular flexibility index (Phi) is 5.09. The van der Waals surface area contributed by atoms with Crippen molar-refractivity contribution >= 4 is 16.7 Å². The predicted octanol–water partition coefficient (Wildman–Crippen LogP) is -0.116. The van der Waals surface area contributed by atoms with Crippen LogP contribution in [0.3, 0.4) is 0 Å². The molecule has 0 aliphatic rings. The summed E-state index contributed by atoms with van der Waals surface area (Å²) in [6.45, 7) is 2.19. The molecule has 0 saturated heterocycles. The largest absolute Gasteiger partial charge is 0.351 e. The highest BCUT2D eigenvalue weighted by molar-refractivity contribution is 7.84. The van der Waals surface area contributed by atoms with Crippen LogP contribution in [-0.2, 0) is 17.8 Å². The minimum atomic E-state index is -0.888. The van der Waals surface area contributed by atoms with Crippen LogP contribution in [0.5, 0.6) is 0 Å². The normalized spacial score (nSPS) is 12.1. The SMILES string of the molecule is CCS(=O)CCNC(=O)c1ccn(C)c(=O)c1. The lowest BCUT2D eigenvalue weighted by Crippen LogP contribution is -2.29. The smallest absolute Gasteiger partial charge is 0.251 e. The van der Waals surface area contributed by atoms with Crippen molar-refractivity contribution in [2.75, 3.05) is 18.1 Å². The van der Waals surface area contributed by atoms with Gasteiger partial charge in [0.2, 0.25) is 0 Å². The molecule has 0 fully saturated rings. The zero-order valence-corrected chi connectivity index (χ0v) is 10.8. The van der Waals surface area contributed by atoms with E-state index in [9.17, 15) is 13.8 Å². The summed E-state index contributed by atoms with van der Waals surface area (Å²) < 4.78 is 12.5. The maximum absolute atomic E-state index is 11.6. The third-order valence-electron chi connectivity index (χ3n) is 2.30. The van der Waals surface area contributed by atoms with Gasteiger partial charge in [-0.25, -0.2) is 0 Å². The van der Waals surface area contributed by atoms with Crippen molar-refractivity contribution in [2.24, 2.45) is 7.05 Å². The van der Waals surface area contributed by atoms with E-state index in [1.807, 2.05) is 6.92 Å². The Morgan fingerprint density at radius 1 is 1.53 bits per heavy atom. The summed E-state index contributed by atoms with van der Waals surface area (Å²) in [5.74, 6) is 0.713. The zero-order chi connectivity index (χ0) is 12.8. The molecule has 5 nitrogen and oxygen atoms in total. The third kappa shape index (κ3) is 4.14. The first kappa shape index (κ1) is 13.6. The van der Waals surface area contributed by atoms with E-state index in [-0.39, 0.29) is 11.5 Å². The van der Waals surface area contributed by atoms with Crippen LogP contribution in [0.1, 0.15) is 17.3 Å². The van der Waals surface area contributed by atoms with E-state index < -0.39 is 10.8 Å². The quantitative estimate of drug-likeness (QED) is 0.799. The van der Waals surface area contributed by atoms with Crippen LogP contribution in [0.15, 0.2) is 23.1 Å². The minimum absolute atomic E-state index is 0.227. The Bertz CT molecular complexity index is 482. The molecule has 1 aromatic heterocycles. The zero-order valence-electron chi connectivity index (χ0n) is 9.93. The van der Waals surface area contributed by atoms with Crippen LogP contribution in [-0.4, -0.2) is 32.7 Å². The molecular formula is C11H16N2O3S. The lowest BCUT2D eigenvalue weighted by Gasteiger charge is -2.05. The van der Waals surface area contributed by atoms with E-state index >= 15 is 0 Å². The molecule has 0 aromatic carbocycles. The first-order valence-corrected chi connectivity index (χ1v) is 6.83. The lowest BCUT2D eigenvalue weighted by molar-refractivity contribution is 0.0956. The molecule has 1 N–H and O–H groups in total. The maximum atomic E-state index is 11.6. The molecule has 1 rings (SSSR count). The van der Waals surface area contributed by atoms with E-state index in [1.165, 1.54) is 10.6 Å². The average Bonchev–Trinajstić information content (AvgIpc) is 2.32. The molecule has 1 atom stereocenters. The second-order valence-corrected chi connectivity index (χ2v) is 5.42. The van der Waals surface area contributed by atoms with Gasteiger partial charge in [0.1, 0.15) is 0 Å². The van der Waals surface area contributed by atoms with Gasteiger partial charge in [-0.15, -0.1) is 0 Å². The van der Waals surface area contributed by atoms with Crippen molar-refractivity contribution in [3.05, 3.63) is 34.2 Å². The second kappa shape index (κ2) is 6.34.